The summed E-state index contributed by atoms with van der Waals surface area (Å²) in [4.78, 5) is 2.57. The quantitative estimate of drug-likeness (QED) is 0.709. The highest BCUT2D eigenvalue weighted by atomic mass is 16.5. The number of methoxy groups -OCH3 is 1. The van der Waals surface area contributed by atoms with Crippen LogP contribution in [0.15, 0.2) is 24.3 Å². The highest BCUT2D eigenvalue weighted by molar-refractivity contribution is 5.29. The monoisotopic (exact) mass is 292 g/mol. The average molecular weight is 292 g/mol. The molecule has 21 heavy (non-hydrogen) atoms. The Kier molecular flexibility index (Phi) is 8.40. The van der Waals surface area contributed by atoms with Crippen LogP contribution in [0.2, 0.25) is 0 Å². The number of unbranched alkanes of at least 4 members (excludes halogenated alkanes) is 1. The number of rotatable bonds is 10. The van der Waals surface area contributed by atoms with Gasteiger partial charge in [-0.25, -0.2) is 0 Å². The number of ether oxygens (including phenoxy) is 1. The minimum absolute atomic E-state index is 0.359. The number of hydrogen-bond donors (Lipinski definition) is 1. The van der Waals surface area contributed by atoms with Crippen molar-refractivity contribution in [2.75, 3.05) is 26.7 Å². The Labute approximate surface area is 130 Å². The standard InChI is InChI=1S/C18H32N2O/c1-6-9-14-20(8-3)15(4)18(19-7-2)16-10-12-17(21-5)13-11-16/h10-13,15,18-19H,6-9,14H2,1-5H3. The molecular weight excluding hydrogens is 260 g/mol. The van der Waals surface area contributed by atoms with Crippen LogP contribution in [-0.4, -0.2) is 37.7 Å². The van der Waals surface area contributed by atoms with Crippen LogP contribution in [-0.2, 0) is 0 Å². The van der Waals surface area contributed by atoms with E-state index in [-0.39, 0.29) is 0 Å². The molecule has 0 fully saturated rings. The molecule has 120 valence electrons. The first-order valence-electron chi connectivity index (χ1n) is 8.29. The molecule has 3 nitrogen and oxygen atoms in total. The summed E-state index contributed by atoms with van der Waals surface area (Å²) in [5, 5.41) is 3.64. The van der Waals surface area contributed by atoms with Gasteiger partial charge in [-0.05, 0) is 50.7 Å². The van der Waals surface area contributed by atoms with Gasteiger partial charge in [-0.1, -0.05) is 39.3 Å². The van der Waals surface area contributed by atoms with Crippen molar-refractivity contribution in [2.45, 2.75) is 52.6 Å². The van der Waals surface area contributed by atoms with Crippen molar-refractivity contribution < 1.29 is 4.74 Å². The lowest BCUT2D eigenvalue weighted by atomic mass is 9.98. The number of benzene rings is 1. The highest BCUT2D eigenvalue weighted by Crippen LogP contribution is 2.23. The van der Waals surface area contributed by atoms with Gasteiger partial charge in [-0.15, -0.1) is 0 Å². The van der Waals surface area contributed by atoms with E-state index in [4.69, 9.17) is 4.74 Å². The lowest BCUT2D eigenvalue weighted by molar-refractivity contribution is 0.175. The molecule has 0 aliphatic rings. The first-order valence-corrected chi connectivity index (χ1v) is 8.29. The molecule has 0 radical (unpaired) electrons. The van der Waals surface area contributed by atoms with Gasteiger partial charge in [0.05, 0.1) is 7.11 Å². The summed E-state index contributed by atoms with van der Waals surface area (Å²) >= 11 is 0. The molecular formula is C18H32N2O. The normalized spacial score (nSPS) is 14.2. The molecule has 0 bridgehead atoms. The van der Waals surface area contributed by atoms with Gasteiger partial charge in [0.15, 0.2) is 0 Å². The van der Waals surface area contributed by atoms with Gasteiger partial charge >= 0.3 is 0 Å². The zero-order chi connectivity index (χ0) is 15.7. The third-order valence-electron chi connectivity index (χ3n) is 4.16. The van der Waals surface area contributed by atoms with Crippen LogP contribution in [0.25, 0.3) is 0 Å². The smallest absolute Gasteiger partial charge is 0.118 e. The van der Waals surface area contributed by atoms with Crippen LogP contribution in [0.1, 0.15) is 52.1 Å². The maximum Gasteiger partial charge on any atom is 0.118 e. The Balaban J connectivity index is 2.86. The SMILES string of the molecule is CCCCN(CC)C(C)C(NCC)c1ccc(OC)cc1. The van der Waals surface area contributed by atoms with E-state index in [9.17, 15) is 0 Å². The summed E-state index contributed by atoms with van der Waals surface area (Å²) < 4.78 is 5.26. The van der Waals surface area contributed by atoms with Crippen LogP contribution in [0.5, 0.6) is 5.75 Å². The fourth-order valence-electron chi connectivity index (χ4n) is 2.82. The van der Waals surface area contributed by atoms with Crippen LogP contribution in [0.3, 0.4) is 0 Å². The molecule has 0 aromatic heterocycles. The molecule has 0 spiro atoms. The van der Waals surface area contributed by atoms with Crippen LogP contribution in [0.4, 0.5) is 0 Å². The van der Waals surface area contributed by atoms with Gasteiger partial charge in [0, 0.05) is 12.1 Å². The molecule has 0 saturated carbocycles. The molecule has 1 rings (SSSR count). The Hall–Kier alpha value is -1.06. The molecule has 0 amide bonds. The molecule has 3 heteroatoms. The predicted molar refractivity (Wildman–Crippen MR) is 91.0 cm³/mol. The Bertz CT molecular complexity index is 377. The number of nitrogens with zero attached hydrogens (tertiary/aromatic N) is 1. The minimum Gasteiger partial charge on any atom is -0.497 e. The maximum atomic E-state index is 5.26. The Morgan fingerprint density at radius 3 is 2.29 bits per heavy atom. The van der Waals surface area contributed by atoms with E-state index < -0.39 is 0 Å². The van der Waals surface area contributed by atoms with E-state index in [0.717, 1.165) is 18.8 Å². The fourth-order valence-corrected chi connectivity index (χ4v) is 2.82. The van der Waals surface area contributed by atoms with E-state index in [1.807, 2.05) is 0 Å². The summed E-state index contributed by atoms with van der Waals surface area (Å²) in [7, 11) is 1.71. The Morgan fingerprint density at radius 2 is 1.81 bits per heavy atom. The second-order valence-electron chi connectivity index (χ2n) is 5.53. The summed E-state index contributed by atoms with van der Waals surface area (Å²) in [5.74, 6) is 0.917. The maximum absolute atomic E-state index is 5.26. The molecule has 0 aliphatic heterocycles. The van der Waals surface area contributed by atoms with Crippen LogP contribution in [0, 0.1) is 0 Å². The van der Waals surface area contributed by atoms with Crippen molar-refractivity contribution in [1.29, 1.82) is 0 Å². The van der Waals surface area contributed by atoms with Crippen molar-refractivity contribution in [1.82, 2.24) is 10.2 Å². The lowest BCUT2D eigenvalue weighted by Crippen LogP contribution is -2.43. The topological polar surface area (TPSA) is 24.5 Å². The van der Waals surface area contributed by atoms with Gasteiger partial charge in [0.25, 0.3) is 0 Å². The summed E-state index contributed by atoms with van der Waals surface area (Å²) in [6.07, 6.45) is 2.51. The van der Waals surface area contributed by atoms with Gasteiger partial charge in [-0.2, -0.15) is 0 Å². The number of nitrogens with one attached hydrogen (secondary N) is 1. The van der Waals surface area contributed by atoms with Crippen molar-refractivity contribution in [2.24, 2.45) is 0 Å². The lowest BCUT2D eigenvalue weighted by Gasteiger charge is -2.35. The molecule has 1 aromatic carbocycles. The summed E-state index contributed by atoms with van der Waals surface area (Å²) in [6.45, 7) is 12.3. The molecule has 0 saturated heterocycles. The van der Waals surface area contributed by atoms with Crippen LogP contribution < -0.4 is 10.1 Å². The number of likely N-dealkylation sites (N-methyl/N-ethyl adjacent to an activating group) is 2. The van der Waals surface area contributed by atoms with Crippen molar-refractivity contribution in [3.8, 4) is 5.75 Å². The first-order chi connectivity index (χ1) is 10.2. The minimum atomic E-state index is 0.359. The van der Waals surface area contributed by atoms with E-state index in [1.165, 1.54) is 24.9 Å². The second-order valence-corrected chi connectivity index (χ2v) is 5.53. The average Bonchev–Trinajstić information content (AvgIpc) is 2.53. The zero-order valence-electron chi connectivity index (χ0n) is 14.4. The van der Waals surface area contributed by atoms with Crippen LogP contribution >= 0.6 is 0 Å². The van der Waals surface area contributed by atoms with Crippen molar-refractivity contribution >= 4 is 0 Å². The third-order valence-corrected chi connectivity index (χ3v) is 4.16. The second kappa shape index (κ2) is 9.80. The highest BCUT2D eigenvalue weighted by Gasteiger charge is 2.23. The first kappa shape index (κ1) is 18.0. The van der Waals surface area contributed by atoms with Gasteiger partial charge in [0.1, 0.15) is 5.75 Å². The van der Waals surface area contributed by atoms with E-state index >= 15 is 0 Å². The molecule has 1 aromatic rings. The molecule has 0 aliphatic carbocycles. The molecule has 2 unspecified atom stereocenters. The third kappa shape index (κ3) is 5.33. The van der Waals surface area contributed by atoms with Gasteiger partial charge in [-0.3, -0.25) is 4.90 Å². The fraction of sp³-hybridized carbons (Fsp3) is 0.667. The van der Waals surface area contributed by atoms with Gasteiger partial charge < -0.3 is 10.1 Å². The van der Waals surface area contributed by atoms with E-state index in [2.05, 4.69) is 62.2 Å². The largest absolute Gasteiger partial charge is 0.497 e. The molecule has 0 heterocycles. The zero-order valence-corrected chi connectivity index (χ0v) is 14.4. The molecule has 1 N–H and O–H groups in total. The van der Waals surface area contributed by atoms with Crippen molar-refractivity contribution in [3.63, 3.8) is 0 Å². The van der Waals surface area contributed by atoms with Gasteiger partial charge in [0.2, 0.25) is 0 Å². The predicted octanol–water partition coefficient (Wildman–Crippen LogP) is 3.86. The van der Waals surface area contributed by atoms with E-state index in [0.29, 0.717) is 12.1 Å². The summed E-state index contributed by atoms with van der Waals surface area (Å²) in [5.41, 5.74) is 1.33. The van der Waals surface area contributed by atoms with E-state index in [1.54, 1.807) is 7.11 Å². The summed E-state index contributed by atoms with van der Waals surface area (Å²) in [6, 6.07) is 9.29. The van der Waals surface area contributed by atoms with Crippen molar-refractivity contribution in [3.05, 3.63) is 29.8 Å². The molecule has 2 atom stereocenters. The number of hydrogen-bond acceptors (Lipinski definition) is 3. The Morgan fingerprint density at radius 1 is 1.14 bits per heavy atom.